The van der Waals surface area contributed by atoms with Crippen LogP contribution in [0.5, 0.6) is 17.4 Å². The Morgan fingerprint density at radius 2 is 1.73 bits per heavy atom. The molecule has 3 aromatic rings. The number of hydrogen-bond donors (Lipinski definition) is 3. The maximum atomic E-state index is 13.4. The zero-order valence-corrected chi connectivity index (χ0v) is 18.3. The van der Waals surface area contributed by atoms with Gasteiger partial charge in [0.25, 0.3) is 5.91 Å². The smallest absolute Gasteiger partial charge is 0.331 e. The highest BCUT2D eigenvalue weighted by Crippen LogP contribution is 2.34. The molecule has 1 aliphatic rings. The molecular formula is C21H22N4O7S. The summed E-state index contributed by atoms with van der Waals surface area (Å²) in [5.41, 5.74) is 0.930. The topological polar surface area (TPSA) is 143 Å². The number of ether oxygens (including phenoxy) is 1. The minimum absolute atomic E-state index is 0.0936. The number of imidazole rings is 1. The Labute approximate surface area is 189 Å². The number of hydrogen-bond acceptors (Lipinski definition) is 7. The molecule has 1 saturated heterocycles. The van der Waals surface area contributed by atoms with Gasteiger partial charge in [-0.25, -0.2) is 18.7 Å². The second kappa shape index (κ2) is 8.73. The molecule has 1 aliphatic heterocycles. The number of nitrogens with zero attached hydrogens (tertiary/aromatic N) is 3. The second-order valence-corrected chi connectivity index (χ2v) is 9.48. The van der Waals surface area contributed by atoms with E-state index in [0.717, 1.165) is 13.4 Å². The molecule has 0 bridgehead atoms. The molecule has 33 heavy (non-hydrogen) atoms. The fourth-order valence-electron chi connectivity index (χ4n) is 3.89. The lowest BCUT2D eigenvalue weighted by Crippen LogP contribution is -2.45. The van der Waals surface area contributed by atoms with Crippen LogP contribution in [0.25, 0.3) is 0 Å². The number of rotatable bonds is 6. The molecular weight excluding hydrogens is 452 g/mol. The maximum Gasteiger partial charge on any atom is 0.331 e. The van der Waals surface area contributed by atoms with Crippen LogP contribution >= 0.6 is 0 Å². The molecule has 2 aromatic carbocycles. The third kappa shape index (κ3) is 4.23. The molecule has 2 heterocycles. The van der Waals surface area contributed by atoms with E-state index in [0.29, 0.717) is 11.5 Å². The maximum absolute atomic E-state index is 13.4. The normalized spacial score (nSPS) is 18.8. The van der Waals surface area contributed by atoms with E-state index in [4.69, 9.17) is 9.94 Å². The summed E-state index contributed by atoms with van der Waals surface area (Å²) < 4.78 is 35.5. The fourth-order valence-corrected chi connectivity index (χ4v) is 5.53. The summed E-state index contributed by atoms with van der Waals surface area (Å²) in [4.78, 5) is 24.5. The average molecular weight is 474 g/mol. The number of amides is 1. The molecule has 1 aromatic heterocycles. The van der Waals surface area contributed by atoms with Gasteiger partial charge in [0.15, 0.2) is 0 Å². The van der Waals surface area contributed by atoms with Crippen LogP contribution in [-0.2, 0) is 21.9 Å². The Hall–Kier alpha value is -3.61. The second-order valence-electron chi connectivity index (χ2n) is 7.59. The predicted octanol–water partition coefficient (Wildman–Crippen LogP) is 1.19. The average Bonchev–Trinajstić information content (AvgIpc) is 3.35. The van der Waals surface area contributed by atoms with Crippen molar-refractivity contribution in [2.75, 3.05) is 6.54 Å². The van der Waals surface area contributed by atoms with E-state index in [2.05, 4.69) is 0 Å². The van der Waals surface area contributed by atoms with Crippen molar-refractivity contribution in [3.05, 3.63) is 71.3 Å². The standard InChI is InChI=1S/C21H22N4O7S/c1-23-13-19(26)25(21(23)28)14-11-18(20(27)22-29)24(12-14)33(30,31)17-9-7-16(8-10-17)32-15-5-3-2-4-6-15/h2-10,13-14,18,26,29H,11-12H2,1H3,(H,22,27)/t14-,18+/m0/s1. The van der Waals surface area contributed by atoms with Gasteiger partial charge in [-0.3, -0.25) is 19.1 Å². The quantitative estimate of drug-likeness (QED) is 0.360. The molecule has 0 unspecified atom stereocenters. The Kier molecular flexibility index (Phi) is 5.97. The van der Waals surface area contributed by atoms with Crippen molar-refractivity contribution in [3.63, 3.8) is 0 Å². The first kappa shape index (κ1) is 22.6. The molecule has 0 aliphatic carbocycles. The lowest BCUT2D eigenvalue weighted by atomic mass is 10.1. The first-order valence-electron chi connectivity index (χ1n) is 9.98. The van der Waals surface area contributed by atoms with Gasteiger partial charge in [0.05, 0.1) is 17.1 Å². The molecule has 4 rings (SSSR count). The molecule has 0 radical (unpaired) electrons. The van der Waals surface area contributed by atoms with Gasteiger partial charge in [0, 0.05) is 13.6 Å². The SMILES string of the molecule is Cn1cc(O)n([C@H]2C[C@H](C(=O)NO)N(S(=O)(=O)c3ccc(Oc4ccccc4)cc3)C2)c1=O. The van der Waals surface area contributed by atoms with Gasteiger partial charge in [0.2, 0.25) is 15.9 Å². The number of aromatic nitrogens is 2. The Morgan fingerprint density at radius 1 is 1.09 bits per heavy atom. The van der Waals surface area contributed by atoms with Crippen LogP contribution in [0.4, 0.5) is 0 Å². The highest BCUT2D eigenvalue weighted by atomic mass is 32.2. The number of nitrogens with one attached hydrogen (secondary N) is 1. The lowest BCUT2D eigenvalue weighted by Gasteiger charge is -2.22. The van der Waals surface area contributed by atoms with Crippen molar-refractivity contribution in [3.8, 4) is 17.4 Å². The van der Waals surface area contributed by atoms with Gasteiger partial charge in [-0.15, -0.1) is 0 Å². The summed E-state index contributed by atoms with van der Waals surface area (Å²) in [5, 5.41) is 19.3. The van der Waals surface area contributed by atoms with Crippen molar-refractivity contribution in [1.29, 1.82) is 0 Å². The summed E-state index contributed by atoms with van der Waals surface area (Å²) in [6, 6.07) is 12.6. The first-order valence-corrected chi connectivity index (χ1v) is 11.4. The number of aromatic hydroxyl groups is 1. The Bertz CT molecular complexity index is 1320. The number of carbonyl (C=O) groups excluding carboxylic acids is 1. The fraction of sp³-hybridized carbons (Fsp3) is 0.238. The van der Waals surface area contributed by atoms with Gasteiger partial charge in [-0.2, -0.15) is 4.31 Å². The van der Waals surface area contributed by atoms with E-state index in [1.54, 1.807) is 24.3 Å². The highest BCUT2D eigenvalue weighted by Gasteiger charge is 2.45. The number of para-hydroxylation sites is 1. The van der Waals surface area contributed by atoms with Gasteiger partial charge in [-0.1, -0.05) is 18.2 Å². The van der Waals surface area contributed by atoms with Crippen LogP contribution < -0.4 is 15.9 Å². The molecule has 174 valence electrons. The third-order valence-electron chi connectivity index (χ3n) is 5.48. The summed E-state index contributed by atoms with van der Waals surface area (Å²) in [6.45, 7) is -0.250. The van der Waals surface area contributed by atoms with Crippen LogP contribution in [0.2, 0.25) is 0 Å². The van der Waals surface area contributed by atoms with Crippen LogP contribution in [0, 0.1) is 0 Å². The van der Waals surface area contributed by atoms with Crippen molar-refractivity contribution < 1.29 is 28.3 Å². The van der Waals surface area contributed by atoms with E-state index >= 15 is 0 Å². The van der Waals surface area contributed by atoms with E-state index in [9.17, 15) is 23.1 Å². The van der Waals surface area contributed by atoms with E-state index in [1.165, 1.54) is 43.0 Å². The summed E-state index contributed by atoms with van der Waals surface area (Å²) in [5.74, 6) is -0.279. The number of benzene rings is 2. The van der Waals surface area contributed by atoms with Crippen molar-refractivity contribution in [2.24, 2.45) is 7.05 Å². The van der Waals surface area contributed by atoms with Gasteiger partial charge in [0.1, 0.15) is 17.5 Å². The van der Waals surface area contributed by atoms with Crippen LogP contribution in [-0.4, -0.2) is 50.7 Å². The Morgan fingerprint density at radius 3 is 2.30 bits per heavy atom. The number of aryl methyl sites for hydroxylation is 1. The number of sulfonamides is 1. The molecule has 1 fully saturated rings. The molecule has 12 heteroatoms. The number of hydroxylamine groups is 1. The monoisotopic (exact) mass is 474 g/mol. The third-order valence-corrected chi connectivity index (χ3v) is 7.37. The summed E-state index contributed by atoms with van der Waals surface area (Å²) in [7, 11) is -2.75. The lowest BCUT2D eigenvalue weighted by molar-refractivity contribution is -0.132. The summed E-state index contributed by atoms with van der Waals surface area (Å²) in [6.07, 6.45) is 1.09. The van der Waals surface area contributed by atoms with E-state index < -0.39 is 33.7 Å². The highest BCUT2D eigenvalue weighted by molar-refractivity contribution is 7.89. The van der Waals surface area contributed by atoms with Gasteiger partial charge in [-0.05, 0) is 42.8 Å². The zero-order chi connectivity index (χ0) is 23.8. The van der Waals surface area contributed by atoms with E-state index in [1.807, 2.05) is 6.07 Å². The first-order chi connectivity index (χ1) is 15.7. The van der Waals surface area contributed by atoms with Crippen LogP contribution in [0.15, 0.2) is 70.5 Å². The number of carbonyl (C=O) groups is 1. The molecule has 0 saturated carbocycles. The predicted molar refractivity (Wildman–Crippen MR) is 116 cm³/mol. The minimum atomic E-state index is -4.19. The molecule has 3 N–H and O–H groups in total. The van der Waals surface area contributed by atoms with E-state index in [-0.39, 0.29) is 23.7 Å². The zero-order valence-electron chi connectivity index (χ0n) is 17.5. The van der Waals surface area contributed by atoms with Crippen LogP contribution in [0.1, 0.15) is 12.5 Å². The molecule has 1 amide bonds. The molecule has 11 nitrogen and oxygen atoms in total. The van der Waals surface area contributed by atoms with Gasteiger partial charge >= 0.3 is 5.69 Å². The minimum Gasteiger partial charge on any atom is -0.493 e. The van der Waals surface area contributed by atoms with Crippen LogP contribution in [0.3, 0.4) is 0 Å². The summed E-state index contributed by atoms with van der Waals surface area (Å²) >= 11 is 0. The largest absolute Gasteiger partial charge is 0.493 e. The van der Waals surface area contributed by atoms with Crippen molar-refractivity contribution >= 4 is 15.9 Å². The van der Waals surface area contributed by atoms with Crippen molar-refractivity contribution in [2.45, 2.75) is 23.4 Å². The van der Waals surface area contributed by atoms with Crippen molar-refractivity contribution in [1.82, 2.24) is 18.9 Å². The molecule has 2 atom stereocenters. The van der Waals surface area contributed by atoms with Gasteiger partial charge < -0.3 is 9.84 Å². The molecule has 0 spiro atoms. The Balaban J connectivity index is 1.63.